The summed E-state index contributed by atoms with van der Waals surface area (Å²) in [6.45, 7) is 7.43. The van der Waals surface area contributed by atoms with Crippen molar-refractivity contribution in [2.75, 3.05) is 32.8 Å². The number of carbonyl (C=O) groups excluding carboxylic acids is 1. The normalized spacial score (nSPS) is 17.8. The third-order valence-electron chi connectivity index (χ3n) is 5.92. The molecule has 0 spiro atoms. The fourth-order valence-electron chi connectivity index (χ4n) is 4.35. The molecule has 0 radical (unpaired) electrons. The topological polar surface area (TPSA) is 32.8 Å². The van der Waals surface area contributed by atoms with Crippen LogP contribution in [0.25, 0.3) is 0 Å². The van der Waals surface area contributed by atoms with Gasteiger partial charge in [-0.1, -0.05) is 55.8 Å². The molecule has 4 heteroatoms. The third-order valence-corrected chi connectivity index (χ3v) is 5.92. The molecule has 28 heavy (non-hydrogen) atoms. The fraction of sp³-hybridized carbons (Fsp3) is 0.458. The minimum Gasteiger partial charge on any atom is -0.493 e. The Hall–Kier alpha value is -2.33. The van der Waals surface area contributed by atoms with Crippen LogP contribution in [-0.4, -0.2) is 48.5 Å². The molecule has 4 nitrogen and oxygen atoms in total. The summed E-state index contributed by atoms with van der Waals surface area (Å²) in [6.07, 6.45) is 2.96. The summed E-state index contributed by atoms with van der Waals surface area (Å²) in [7, 11) is 0. The van der Waals surface area contributed by atoms with Crippen molar-refractivity contribution in [3.63, 3.8) is 0 Å². The van der Waals surface area contributed by atoms with Gasteiger partial charge in [-0.3, -0.25) is 9.69 Å². The highest BCUT2D eigenvalue weighted by Gasteiger charge is 2.28. The highest BCUT2D eigenvalue weighted by Crippen LogP contribution is 2.27. The third kappa shape index (κ3) is 4.22. The van der Waals surface area contributed by atoms with Crippen LogP contribution >= 0.6 is 0 Å². The average molecular weight is 379 g/mol. The standard InChI is InChI=1S/C24H30N2O2/c1-2-6-22(20-7-4-3-5-8-20)24(27)26-14-12-25(13-15-26)18-19-9-10-23-21(17-19)11-16-28-23/h3-5,7-10,17,22H,2,6,11-16,18H2,1H3. The van der Waals surface area contributed by atoms with Crippen molar-refractivity contribution >= 4 is 5.91 Å². The Morgan fingerprint density at radius 1 is 1.07 bits per heavy atom. The van der Waals surface area contributed by atoms with E-state index in [4.69, 9.17) is 4.74 Å². The van der Waals surface area contributed by atoms with Gasteiger partial charge in [0.1, 0.15) is 5.75 Å². The van der Waals surface area contributed by atoms with Gasteiger partial charge in [-0.25, -0.2) is 0 Å². The number of nitrogens with zero attached hydrogens (tertiary/aromatic N) is 2. The minimum atomic E-state index is -0.00513. The molecule has 2 aliphatic rings. The zero-order valence-corrected chi connectivity index (χ0v) is 16.8. The summed E-state index contributed by atoms with van der Waals surface area (Å²) in [4.78, 5) is 17.7. The molecule has 1 atom stereocenters. The Balaban J connectivity index is 1.34. The summed E-state index contributed by atoms with van der Waals surface area (Å²) >= 11 is 0. The molecule has 1 amide bonds. The van der Waals surface area contributed by atoms with Crippen LogP contribution in [-0.2, 0) is 17.8 Å². The largest absolute Gasteiger partial charge is 0.493 e. The van der Waals surface area contributed by atoms with Gasteiger partial charge in [-0.15, -0.1) is 0 Å². The Morgan fingerprint density at radius 3 is 2.61 bits per heavy atom. The van der Waals surface area contributed by atoms with Gasteiger partial charge in [-0.05, 0) is 29.2 Å². The second kappa shape index (κ2) is 8.78. The Morgan fingerprint density at radius 2 is 1.86 bits per heavy atom. The van der Waals surface area contributed by atoms with E-state index in [1.807, 2.05) is 18.2 Å². The van der Waals surface area contributed by atoms with Gasteiger partial charge in [0.05, 0.1) is 12.5 Å². The summed E-state index contributed by atoms with van der Waals surface area (Å²) in [5.74, 6) is 1.33. The van der Waals surface area contributed by atoms with Gasteiger partial charge in [0.15, 0.2) is 0 Å². The predicted molar refractivity (Wildman–Crippen MR) is 112 cm³/mol. The van der Waals surface area contributed by atoms with Crippen molar-refractivity contribution in [3.05, 3.63) is 65.2 Å². The number of piperazine rings is 1. The van der Waals surface area contributed by atoms with E-state index in [2.05, 4.69) is 47.1 Å². The maximum atomic E-state index is 13.2. The molecule has 0 saturated carbocycles. The lowest BCUT2D eigenvalue weighted by Crippen LogP contribution is -2.49. The van der Waals surface area contributed by atoms with E-state index in [9.17, 15) is 4.79 Å². The van der Waals surface area contributed by atoms with Crippen LogP contribution in [0, 0.1) is 0 Å². The first-order valence-corrected chi connectivity index (χ1v) is 10.6. The number of amides is 1. The minimum absolute atomic E-state index is 0.00513. The number of fused-ring (bicyclic) bond motifs is 1. The second-order valence-electron chi connectivity index (χ2n) is 7.89. The van der Waals surface area contributed by atoms with Crippen LogP contribution in [0.15, 0.2) is 48.5 Å². The van der Waals surface area contributed by atoms with Gasteiger partial charge >= 0.3 is 0 Å². The fourth-order valence-corrected chi connectivity index (χ4v) is 4.35. The number of ether oxygens (including phenoxy) is 1. The van der Waals surface area contributed by atoms with Gasteiger partial charge in [-0.2, -0.15) is 0 Å². The Bertz CT molecular complexity index is 798. The number of benzene rings is 2. The quantitative estimate of drug-likeness (QED) is 0.765. The zero-order valence-electron chi connectivity index (χ0n) is 16.8. The van der Waals surface area contributed by atoms with E-state index >= 15 is 0 Å². The molecule has 2 aromatic carbocycles. The average Bonchev–Trinajstić information content (AvgIpc) is 3.21. The summed E-state index contributed by atoms with van der Waals surface area (Å²) in [6, 6.07) is 16.8. The molecule has 0 aromatic heterocycles. The first-order chi connectivity index (χ1) is 13.7. The maximum absolute atomic E-state index is 13.2. The van der Waals surface area contributed by atoms with Crippen molar-refractivity contribution in [3.8, 4) is 5.75 Å². The van der Waals surface area contributed by atoms with Crippen LogP contribution in [0.4, 0.5) is 0 Å². The second-order valence-corrected chi connectivity index (χ2v) is 7.89. The lowest BCUT2D eigenvalue weighted by Gasteiger charge is -2.36. The highest BCUT2D eigenvalue weighted by atomic mass is 16.5. The molecule has 148 valence electrons. The molecule has 0 N–H and O–H groups in total. The van der Waals surface area contributed by atoms with E-state index in [0.717, 1.165) is 69.9 Å². The maximum Gasteiger partial charge on any atom is 0.230 e. The van der Waals surface area contributed by atoms with Gasteiger partial charge in [0, 0.05) is 39.1 Å². The summed E-state index contributed by atoms with van der Waals surface area (Å²) in [5, 5.41) is 0. The molecule has 1 unspecified atom stereocenters. The Labute approximate surface area is 168 Å². The van der Waals surface area contributed by atoms with Crippen LogP contribution in [0.1, 0.15) is 42.4 Å². The van der Waals surface area contributed by atoms with Crippen LogP contribution in [0.5, 0.6) is 5.75 Å². The number of rotatable bonds is 6. The molecule has 1 saturated heterocycles. The Kier molecular flexibility index (Phi) is 5.96. The van der Waals surface area contributed by atoms with Crippen LogP contribution in [0.3, 0.4) is 0 Å². The lowest BCUT2D eigenvalue weighted by molar-refractivity contribution is -0.134. The van der Waals surface area contributed by atoms with Gasteiger partial charge in [0.2, 0.25) is 5.91 Å². The van der Waals surface area contributed by atoms with E-state index < -0.39 is 0 Å². The summed E-state index contributed by atoms with van der Waals surface area (Å²) < 4.78 is 5.60. The van der Waals surface area contributed by atoms with E-state index in [-0.39, 0.29) is 5.92 Å². The SMILES string of the molecule is CCCC(C(=O)N1CCN(Cc2ccc3c(c2)CCO3)CC1)c1ccccc1. The zero-order chi connectivity index (χ0) is 19.3. The van der Waals surface area contributed by atoms with Crippen molar-refractivity contribution in [2.45, 2.75) is 38.6 Å². The molecule has 1 fully saturated rings. The predicted octanol–water partition coefficient (Wildman–Crippen LogP) is 3.85. The molecule has 2 aliphatic heterocycles. The molecule has 2 aromatic rings. The number of hydrogen-bond acceptors (Lipinski definition) is 3. The van der Waals surface area contributed by atoms with Crippen molar-refractivity contribution in [2.24, 2.45) is 0 Å². The first-order valence-electron chi connectivity index (χ1n) is 10.6. The summed E-state index contributed by atoms with van der Waals surface area (Å²) in [5.41, 5.74) is 3.82. The van der Waals surface area contributed by atoms with Crippen LogP contribution in [0.2, 0.25) is 0 Å². The molecule has 4 rings (SSSR count). The van der Waals surface area contributed by atoms with Crippen molar-refractivity contribution in [1.82, 2.24) is 9.80 Å². The molecule has 0 aliphatic carbocycles. The number of hydrogen-bond donors (Lipinski definition) is 0. The highest BCUT2D eigenvalue weighted by molar-refractivity contribution is 5.83. The van der Waals surface area contributed by atoms with Gasteiger partial charge < -0.3 is 9.64 Å². The van der Waals surface area contributed by atoms with E-state index in [1.54, 1.807) is 0 Å². The van der Waals surface area contributed by atoms with Crippen LogP contribution < -0.4 is 4.74 Å². The van der Waals surface area contributed by atoms with E-state index in [0.29, 0.717) is 5.91 Å². The molecule has 0 bridgehead atoms. The molecular formula is C24H30N2O2. The monoisotopic (exact) mass is 378 g/mol. The molecular weight excluding hydrogens is 348 g/mol. The first kappa shape index (κ1) is 19.0. The van der Waals surface area contributed by atoms with Crippen molar-refractivity contribution < 1.29 is 9.53 Å². The number of carbonyl (C=O) groups is 1. The molecule has 2 heterocycles. The van der Waals surface area contributed by atoms with Crippen molar-refractivity contribution in [1.29, 1.82) is 0 Å². The smallest absolute Gasteiger partial charge is 0.230 e. The van der Waals surface area contributed by atoms with E-state index in [1.165, 1.54) is 11.1 Å². The van der Waals surface area contributed by atoms with Gasteiger partial charge in [0.25, 0.3) is 0 Å². The lowest BCUT2D eigenvalue weighted by atomic mass is 9.93.